The number of hydrogen-bond donors (Lipinski definition) is 1. The van der Waals surface area contributed by atoms with E-state index >= 15 is 0 Å². The summed E-state index contributed by atoms with van der Waals surface area (Å²) in [5.74, 6) is 1.73. The standard InChI is InChI=1S/C15H21N/c1-11-7-8-13(9-11)16-15-10-14(15)12-5-3-2-4-6-12/h2-6,11,13-16H,7-10H2,1H3. The largest absolute Gasteiger partial charge is 0.311 e. The molecule has 86 valence electrons. The first kappa shape index (κ1) is 10.3. The second-order valence-electron chi connectivity index (χ2n) is 5.64. The molecule has 0 spiro atoms. The van der Waals surface area contributed by atoms with Crippen molar-refractivity contribution in [1.29, 1.82) is 0 Å². The van der Waals surface area contributed by atoms with Gasteiger partial charge in [0.15, 0.2) is 0 Å². The van der Waals surface area contributed by atoms with Gasteiger partial charge in [0.05, 0.1) is 0 Å². The van der Waals surface area contributed by atoms with Crippen molar-refractivity contribution in [2.75, 3.05) is 0 Å². The van der Waals surface area contributed by atoms with Gasteiger partial charge in [-0.15, -0.1) is 0 Å². The summed E-state index contributed by atoms with van der Waals surface area (Å²) in [7, 11) is 0. The van der Waals surface area contributed by atoms with E-state index in [0.29, 0.717) is 0 Å². The van der Waals surface area contributed by atoms with Gasteiger partial charge >= 0.3 is 0 Å². The van der Waals surface area contributed by atoms with Gasteiger partial charge in [-0.25, -0.2) is 0 Å². The van der Waals surface area contributed by atoms with Crippen LogP contribution in [0.25, 0.3) is 0 Å². The van der Waals surface area contributed by atoms with Crippen LogP contribution in [0.1, 0.15) is 44.1 Å². The third kappa shape index (κ3) is 2.15. The molecule has 1 nitrogen and oxygen atoms in total. The lowest BCUT2D eigenvalue weighted by atomic mass is 10.1. The van der Waals surface area contributed by atoms with E-state index < -0.39 is 0 Å². The van der Waals surface area contributed by atoms with E-state index in [-0.39, 0.29) is 0 Å². The van der Waals surface area contributed by atoms with Crippen LogP contribution in [0.3, 0.4) is 0 Å². The van der Waals surface area contributed by atoms with Crippen LogP contribution in [0.15, 0.2) is 30.3 Å². The molecule has 0 amide bonds. The average molecular weight is 215 g/mol. The van der Waals surface area contributed by atoms with Gasteiger partial charge in [-0.1, -0.05) is 37.3 Å². The Labute approximate surface area is 98.3 Å². The second-order valence-corrected chi connectivity index (χ2v) is 5.64. The Morgan fingerprint density at radius 2 is 1.88 bits per heavy atom. The van der Waals surface area contributed by atoms with E-state index in [1.54, 1.807) is 0 Å². The fourth-order valence-corrected chi connectivity index (χ4v) is 3.11. The van der Waals surface area contributed by atoms with Crippen LogP contribution < -0.4 is 5.32 Å². The molecule has 0 aliphatic heterocycles. The minimum absolute atomic E-state index is 0.762. The lowest BCUT2D eigenvalue weighted by Gasteiger charge is -2.12. The van der Waals surface area contributed by atoms with Gasteiger partial charge in [-0.3, -0.25) is 0 Å². The number of rotatable bonds is 3. The van der Waals surface area contributed by atoms with Crippen LogP contribution in [0, 0.1) is 5.92 Å². The molecular weight excluding hydrogens is 194 g/mol. The van der Waals surface area contributed by atoms with Gasteiger partial charge in [-0.2, -0.15) is 0 Å². The Morgan fingerprint density at radius 1 is 1.06 bits per heavy atom. The fraction of sp³-hybridized carbons (Fsp3) is 0.600. The Morgan fingerprint density at radius 3 is 2.56 bits per heavy atom. The lowest BCUT2D eigenvalue weighted by molar-refractivity contribution is 0.495. The zero-order valence-electron chi connectivity index (χ0n) is 10.0. The van der Waals surface area contributed by atoms with Gasteiger partial charge in [-0.05, 0) is 37.2 Å². The summed E-state index contributed by atoms with van der Waals surface area (Å²) in [4.78, 5) is 0. The summed E-state index contributed by atoms with van der Waals surface area (Å²) in [6.07, 6.45) is 5.53. The minimum atomic E-state index is 0.762. The van der Waals surface area contributed by atoms with Crippen LogP contribution in [0.2, 0.25) is 0 Å². The summed E-state index contributed by atoms with van der Waals surface area (Å²) >= 11 is 0. The van der Waals surface area contributed by atoms with Crippen molar-refractivity contribution in [2.45, 2.75) is 50.6 Å². The molecule has 2 saturated carbocycles. The van der Waals surface area contributed by atoms with Crippen LogP contribution >= 0.6 is 0 Å². The molecule has 1 N–H and O–H groups in total. The van der Waals surface area contributed by atoms with E-state index in [0.717, 1.165) is 23.9 Å². The SMILES string of the molecule is CC1CCC(NC2CC2c2ccccc2)C1. The van der Waals surface area contributed by atoms with Gasteiger partial charge in [0, 0.05) is 18.0 Å². The van der Waals surface area contributed by atoms with Crippen molar-refractivity contribution >= 4 is 0 Å². The first-order valence-corrected chi connectivity index (χ1v) is 6.64. The molecule has 2 fully saturated rings. The topological polar surface area (TPSA) is 12.0 Å². The van der Waals surface area contributed by atoms with Crippen LogP contribution in [0.4, 0.5) is 0 Å². The van der Waals surface area contributed by atoms with Crippen molar-refractivity contribution < 1.29 is 0 Å². The van der Waals surface area contributed by atoms with Crippen molar-refractivity contribution in [3.8, 4) is 0 Å². The molecule has 2 aliphatic rings. The second kappa shape index (κ2) is 4.21. The minimum Gasteiger partial charge on any atom is -0.311 e. The Kier molecular flexibility index (Phi) is 2.72. The monoisotopic (exact) mass is 215 g/mol. The number of nitrogens with one attached hydrogen (secondary N) is 1. The molecular formula is C15H21N. The maximum atomic E-state index is 3.83. The molecule has 0 saturated heterocycles. The average Bonchev–Trinajstić information content (AvgIpc) is 2.95. The van der Waals surface area contributed by atoms with E-state index in [4.69, 9.17) is 0 Å². The maximum absolute atomic E-state index is 3.83. The molecule has 4 atom stereocenters. The van der Waals surface area contributed by atoms with Gasteiger partial charge < -0.3 is 5.32 Å². The lowest BCUT2D eigenvalue weighted by Crippen LogP contribution is -2.29. The highest BCUT2D eigenvalue weighted by molar-refractivity contribution is 5.27. The predicted molar refractivity (Wildman–Crippen MR) is 67.5 cm³/mol. The first-order chi connectivity index (χ1) is 7.83. The zero-order chi connectivity index (χ0) is 11.0. The molecule has 2 aliphatic carbocycles. The van der Waals surface area contributed by atoms with Crippen molar-refractivity contribution in [1.82, 2.24) is 5.32 Å². The Bertz CT molecular complexity index is 346. The summed E-state index contributed by atoms with van der Waals surface area (Å²) in [5, 5.41) is 3.83. The maximum Gasteiger partial charge on any atom is 0.0145 e. The van der Waals surface area contributed by atoms with Crippen LogP contribution in [-0.4, -0.2) is 12.1 Å². The smallest absolute Gasteiger partial charge is 0.0145 e. The van der Waals surface area contributed by atoms with Crippen molar-refractivity contribution in [3.05, 3.63) is 35.9 Å². The normalized spacial score (nSPS) is 37.6. The quantitative estimate of drug-likeness (QED) is 0.815. The van der Waals surface area contributed by atoms with E-state index in [9.17, 15) is 0 Å². The number of hydrogen-bond acceptors (Lipinski definition) is 1. The van der Waals surface area contributed by atoms with Crippen LogP contribution in [0.5, 0.6) is 0 Å². The summed E-state index contributed by atoms with van der Waals surface area (Å²) < 4.78 is 0. The fourth-order valence-electron chi connectivity index (χ4n) is 3.11. The van der Waals surface area contributed by atoms with Crippen LogP contribution in [-0.2, 0) is 0 Å². The molecule has 0 bridgehead atoms. The molecule has 4 unspecified atom stereocenters. The third-order valence-electron chi connectivity index (χ3n) is 4.16. The van der Waals surface area contributed by atoms with E-state index in [1.165, 1.54) is 31.2 Å². The first-order valence-electron chi connectivity index (χ1n) is 6.64. The summed E-state index contributed by atoms with van der Waals surface area (Å²) in [5.41, 5.74) is 1.52. The molecule has 16 heavy (non-hydrogen) atoms. The van der Waals surface area contributed by atoms with Gasteiger partial charge in [0.1, 0.15) is 0 Å². The predicted octanol–water partition coefficient (Wildman–Crippen LogP) is 3.32. The summed E-state index contributed by atoms with van der Waals surface area (Å²) in [6, 6.07) is 12.5. The van der Waals surface area contributed by atoms with E-state index in [1.807, 2.05) is 0 Å². The highest BCUT2D eigenvalue weighted by Crippen LogP contribution is 2.42. The third-order valence-corrected chi connectivity index (χ3v) is 4.16. The molecule has 0 radical (unpaired) electrons. The molecule has 1 heteroatoms. The van der Waals surface area contributed by atoms with Gasteiger partial charge in [0.25, 0.3) is 0 Å². The van der Waals surface area contributed by atoms with E-state index in [2.05, 4.69) is 42.6 Å². The highest BCUT2D eigenvalue weighted by atomic mass is 15.0. The Balaban J connectivity index is 1.53. The summed E-state index contributed by atoms with van der Waals surface area (Å²) in [6.45, 7) is 2.38. The molecule has 0 heterocycles. The number of benzene rings is 1. The molecule has 1 aromatic rings. The molecule has 0 aromatic heterocycles. The molecule has 1 aromatic carbocycles. The molecule has 3 rings (SSSR count). The highest BCUT2D eigenvalue weighted by Gasteiger charge is 2.40. The van der Waals surface area contributed by atoms with Crippen molar-refractivity contribution in [3.63, 3.8) is 0 Å². The zero-order valence-corrected chi connectivity index (χ0v) is 10.0. The van der Waals surface area contributed by atoms with Crippen molar-refractivity contribution in [2.24, 2.45) is 5.92 Å². The Hall–Kier alpha value is -0.820. The van der Waals surface area contributed by atoms with Gasteiger partial charge in [0.2, 0.25) is 0 Å².